The third-order valence-corrected chi connectivity index (χ3v) is 1.39. The second-order valence-corrected chi connectivity index (χ2v) is 2.40. The average Bonchev–Trinajstić information content (AvgIpc) is 2.11. The topological polar surface area (TPSA) is 33.0 Å². The van der Waals surface area contributed by atoms with E-state index in [0.29, 0.717) is 12.1 Å². The number of benzene rings is 1. The number of nitriles is 1. The van der Waals surface area contributed by atoms with E-state index in [1.54, 1.807) is 0 Å². The van der Waals surface area contributed by atoms with Crippen LogP contribution in [-0.4, -0.2) is 6.36 Å². The average molecular weight is 223 g/mol. The molecule has 0 aliphatic heterocycles. The summed E-state index contributed by atoms with van der Waals surface area (Å²) in [6.45, 7) is 0. The Labute approximate surface area is 80.5 Å². The monoisotopic (exact) mass is 223 g/mol. The number of hydrogen-bond acceptors (Lipinski definition) is 2. The summed E-state index contributed by atoms with van der Waals surface area (Å²) in [5.74, 6) is -4.82. The van der Waals surface area contributed by atoms with Crippen LogP contribution in [0.5, 0.6) is 5.75 Å². The van der Waals surface area contributed by atoms with Crippen LogP contribution in [-0.2, 0) is 0 Å². The van der Waals surface area contributed by atoms with Crippen LogP contribution in [0.4, 0.5) is 22.0 Å². The van der Waals surface area contributed by atoms with Gasteiger partial charge in [0.1, 0.15) is 6.07 Å². The van der Waals surface area contributed by atoms with Crippen LogP contribution in [0.25, 0.3) is 0 Å². The van der Waals surface area contributed by atoms with E-state index in [9.17, 15) is 22.0 Å². The predicted octanol–water partition coefficient (Wildman–Crippen LogP) is 2.74. The maximum Gasteiger partial charge on any atom is 0.573 e. The molecule has 0 aromatic heterocycles. The normalized spacial score (nSPS) is 10.9. The van der Waals surface area contributed by atoms with Crippen molar-refractivity contribution >= 4 is 0 Å². The number of hydrogen-bond donors (Lipinski definition) is 0. The molecule has 1 aromatic carbocycles. The van der Waals surface area contributed by atoms with Gasteiger partial charge in [0.2, 0.25) is 5.75 Å². The second-order valence-electron chi connectivity index (χ2n) is 2.40. The molecule has 0 amide bonds. The van der Waals surface area contributed by atoms with Gasteiger partial charge in [0.15, 0.2) is 11.6 Å². The van der Waals surface area contributed by atoms with Crippen molar-refractivity contribution in [3.05, 3.63) is 29.3 Å². The van der Waals surface area contributed by atoms with E-state index in [2.05, 4.69) is 4.74 Å². The van der Waals surface area contributed by atoms with Crippen LogP contribution < -0.4 is 4.74 Å². The summed E-state index contributed by atoms with van der Waals surface area (Å²) in [6.07, 6.45) is -5.21. The van der Waals surface area contributed by atoms with Crippen molar-refractivity contribution in [3.8, 4) is 11.8 Å². The van der Waals surface area contributed by atoms with Gasteiger partial charge in [0.05, 0.1) is 5.56 Å². The van der Waals surface area contributed by atoms with Gasteiger partial charge in [-0.05, 0) is 12.1 Å². The zero-order chi connectivity index (χ0) is 11.6. The van der Waals surface area contributed by atoms with Gasteiger partial charge >= 0.3 is 6.36 Å². The Balaban J connectivity index is 3.23. The third-order valence-electron chi connectivity index (χ3n) is 1.39. The lowest BCUT2D eigenvalue weighted by molar-refractivity contribution is -0.276. The molecule has 0 spiro atoms. The summed E-state index contributed by atoms with van der Waals surface area (Å²) < 4.78 is 63.9. The highest BCUT2D eigenvalue weighted by Gasteiger charge is 2.34. The van der Waals surface area contributed by atoms with Gasteiger partial charge in [-0.25, -0.2) is 8.78 Å². The van der Waals surface area contributed by atoms with E-state index < -0.39 is 29.3 Å². The van der Waals surface area contributed by atoms with Gasteiger partial charge in [0, 0.05) is 0 Å². The van der Waals surface area contributed by atoms with Crippen molar-refractivity contribution in [2.75, 3.05) is 0 Å². The maximum atomic E-state index is 13.0. The van der Waals surface area contributed by atoms with Crippen molar-refractivity contribution in [2.24, 2.45) is 0 Å². The minimum Gasteiger partial charge on any atom is -0.399 e. The molecule has 7 heteroatoms. The Hall–Kier alpha value is -1.84. The first-order valence-electron chi connectivity index (χ1n) is 3.49. The van der Waals surface area contributed by atoms with Gasteiger partial charge in [0.25, 0.3) is 0 Å². The van der Waals surface area contributed by atoms with Crippen LogP contribution in [0.2, 0.25) is 0 Å². The molecule has 15 heavy (non-hydrogen) atoms. The van der Waals surface area contributed by atoms with Gasteiger partial charge in [-0.15, -0.1) is 13.2 Å². The minimum atomic E-state index is -5.21. The van der Waals surface area contributed by atoms with E-state index in [1.165, 1.54) is 6.07 Å². The van der Waals surface area contributed by atoms with Crippen LogP contribution in [0, 0.1) is 23.0 Å². The summed E-state index contributed by atoms with van der Waals surface area (Å²) in [6, 6.07) is 2.49. The Bertz CT molecular complexity index is 420. The fourth-order valence-corrected chi connectivity index (χ4v) is 0.828. The summed E-state index contributed by atoms with van der Waals surface area (Å²) in [5.41, 5.74) is -0.726. The van der Waals surface area contributed by atoms with Gasteiger partial charge in [-0.1, -0.05) is 0 Å². The van der Waals surface area contributed by atoms with Crippen LogP contribution in [0.3, 0.4) is 0 Å². The molecule has 0 radical (unpaired) electrons. The molecule has 0 fully saturated rings. The fourth-order valence-electron chi connectivity index (χ4n) is 0.828. The molecule has 2 nitrogen and oxygen atoms in total. The lowest BCUT2D eigenvalue weighted by atomic mass is 10.2. The fraction of sp³-hybridized carbons (Fsp3) is 0.125. The standard InChI is InChI=1S/C8H2F5NO/c9-5-2-1-4(3-14)6(10)7(5)15-8(11,12)13/h1-2H. The summed E-state index contributed by atoms with van der Waals surface area (Å²) in [5, 5.41) is 8.28. The molecule has 0 heterocycles. The van der Waals surface area contributed by atoms with Crippen LogP contribution in [0.15, 0.2) is 12.1 Å². The molecule has 0 saturated carbocycles. The molecule has 0 aliphatic carbocycles. The Morgan fingerprint density at radius 2 is 1.80 bits per heavy atom. The van der Waals surface area contributed by atoms with Gasteiger partial charge in [-0.2, -0.15) is 5.26 Å². The van der Waals surface area contributed by atoms with E-state index >= 15 is 0 Å². The van der Waals surface area contributed by atoms with E-state index in [1.807, 2.05) is 0 Å². The molecule has 0 bridgehead atoms. The first kappa shape index (κ1) is 11.2. The lowest BCUT2D eigenvalue weighted by Crippen LogP contribution is -2.19. The molecule has 80 valence electrons. The molecule has 1 aromatic rings. The summed E-state index contributed by atoms with van der Waals surface area (Å²) >= 11 is 0. The molecule has 0 N–H and O–H groups in total. The Kier molecular flexibility index (Phi) is 2.79. The molecule has 0 aliphatic rings. The van der Waals surface area contributed by atoms with Gasteiger partial charge in [-0.3, -0.25) is 0 Å². The van der Waals surface area contributed by atoms with Crippen molar-refractivity contribution in [2.45, 2.75) is 6.36 Å². The van der Waals surface area contributed by atoms with Crippen LogP contribution >= 0.6 is 0 Å². The third kappa shape index (κ3) is 2.56. The number of nitrogens with zero attached hydrogens (tertiary/aromatic N) is 1. The van der Waals surface area contributed by atoms with Crippen molar-refractivity contribution in [3.63, 3.8) is 0 Å². The lowest BCUT2D eigenvalue weighted by Gasteiger charge is -2.10. The minimum absolute atomic E-state index is 0.517. The molecule has 0 unspecified atom stereocenters. The molecular formula is C8H2F5NO. The predicted molar refractivity (Wildman–Crippen MR) is 37.8 cm³/mol. The van der Waals surface area contributed by atoms with Crippen LogP contribution in [0.1, 0.15) is 5.56 Å². The molecule has 0 atom stereocenters. The van der Waals surface area contributed by atoms with E-state index in [4.69, 9.17) is 5.26 Å². The molecular weight excluding hydrogens is 221 g/mol. The quantitative estimate of drug-likeness (QED) is 0.685. The number of alkyl halides is 3. The van der Waals surface area contributed by atoms with Crippen molar-refractivity contribution in [1.29, 1.82) is 5.26 Å². The Morgan fingerprint density at radius 1 is 1.20 bits per heavy atom. The Morgan fingerprint density at radius 3 is 2.27 bits per heavy atom. The second kappa shape index (κ2) is 3.73. The van der Waals surface area contributed by atoms with E-state index in [-0.39, 0.29) is 0 Å². The zero-order valence-corrected chi connectivity index (χ0v) is 6.90. The maximum absolute atomic E-state index is 13.0. The molecule has 1 rings (SSSR count). The first-order chi connectivity index (χ1) is 6.85. The molecule has 0 saturated heterocycles. The zero-order valence-electron chi connectivity index (χ0n) is 6.90. The summed E-state index contributed by atoms with van der Waals surface area (Å²) in [4.78, 5) is 0. The largest absolute Gasteiger partial charge is 0.573 e. The number of rotatable bonds is 1. The van der Waals surface area contributed by atoms with Crippen molar-refractivity contribution in [1.82, 2.24) is 0 Å². The first-order valence-corrected chi connectivity index (χ1v) is 3.49. The summed E-state index contributed by atoms with van der Waals surface area (Å²) in [7, 11) is 0. The highest BCUT2D eigenvalue weighted by Crippen LogP contribution is 2.29. The number of halogens is 5. The number of ether oxygens (including phenoxy) is 1. The highest BCUT2D eigenvalue weighted by atomic mass is 19.4. The van der Waals surface area contributed by atoms with Crippen molar-refractivity contribution < 1.29 is 26.7 Å². The van der Waals surface area contributed by atoms with E-state index in [0.717, 1.165) is 0 Å². The SMILES string of the molecule is N#Cc1ccc(F)c(OC(F)(F)F)c1F. The smallest absolute Gasteiger partial charge is 0.399 e. The highest BCUT2D eigenvalue weighted by molar-refractivity contribution is 5.39. The van der Waals surface area contributed by atoms with Gasteiger partial charge < -0.3 is 4.74 Å².